The minimum Gasteiger partial charge on any atom is -0.394 e. The smallest absolute Gasteiger partial charge is 0.394 e. The topological polar surface area (TPSA) is 343 Å². The van der Waals surface area contributed by atoms with Crippen molar-refractivity contribution in [1.29, 1.82) is 0 Å². The van der Waals surface area contributed by atoms with Crippen LogP contribution in [0, 0.1) is 0 Å². The highest BCUT2D eigenvalue weighted by atomic mass is 32.3. The van der Waals surface area contributed by atoms with Crippen LogP contribution in [0.1, 0.15) is 12.8 Å². The number of aliphatic hydroxyl groups is 5. The third-order valence-corrected chi connectivity index (χ3v) is 6.41. The molecular weight excluding hydrogens is 526 g/mol. The fourth-order valence-corrected chi connectivity index (χ4v) is 4.43. The van der Waals surface area contributed by atoms with Crippen LogP contribution in [0.5, 0.6) is 0 Å². The van der Waals surface area contributed by atoms with Gasteiger partial charge in [-0.25, -0.2) is 0 Å². The Labute approximate surface area is 213 Å². The molecule has 0 aromatic rings. The quantitative estimate of drug-likeness (QED) is 0.133. The van der Waals surface area contributed by atoms with E-state index in [4.69, 9.17) is 65.1 Å². The zero-order chi connectivity index (χ0) is 28.2. The zero-order valence-electron chi connectivity index (χ0n) is 19.8. The second kappa shape index (κ2) is 13.6. The normalized spacial score (nSPS) is 47.1. The molecule has 1 aliphatic carbocycles. The molecule has 0 amide bonds. The Morgan fingerprint density at radius 1 is 0.757 bits per heavy atom. The van der Waals surface area contributed by atoms with Gasteiger partial charge in [0.25, 0.3) is 0 Å². The van der Waals surface area contributed by atoms with Crippen LogP contribution >= 0.6 is 0 Å². The maximum Gasteiger partial charge on any atom is 0.394 e. The van der Waals surface area contributed by atoms with Crippen molar-refractivity contribution in [2.75, 3.05) is 13.2 Å². The van der Waals surface area contributed by atoms with Gasteiger partial charge in [0.1, 0.15) is 36.6 Å². The van der Waals surface area contributed by atoms with Crippen LogP contribution in [0.3, 0.4) is 0 Å². The van der Waals surface area contributed by atoms with E-state index in [0.717, 1.165) is 0 Å². The first-order chi connectivity index (χ1) is 17.1. The van der Waals surface area contributed by atoms with E-state index in [1.54, 1.807) is 0 Å². The van der Waals surface area contributed by atoms with Crippen molar-refractivity contribution in [3.63, 3.8) is 0 Å². The molecule has 220 valence electrons. The molecule has 18 nitrogen and oxygen atoms in total. The van der Waals surface area contributed by atoms with Crippen LogP contribution in [0.4, 0.5) is 0 Å². The lowest BCUT2D eigenvalue weighted by molar-refractivity contribution is -0.314. The largest absolute Gasteiger partial charge is 0.394 e. The lowest BCUT2D eigenvalue weighted by atomic mass is 9.84. The minimum atomic E-state index is -4.67. The van der Waals surface area contributed by atoms with E-state index in [1.807, 2.05) is 0 Å². The van der Waals surface area contributed by atoms with Gasteiger partial charge in [-0.3, -0.25) is 9.11 Å². The predicted molar refractivity (Wildman–Crippen MR) is 123 cm³/mol. The Balaban J connectivity index is 0.000000877. The molecule has 3 rings (SSSR count). The number of nitrogens with two attached hydrogens (primary N) is 5. The Morgan fingerprint density at radius 3 is 1.73 bits per heavy atom. The summed E-state index contributed by atoms with van der Waals surface area (Å²) in [4.78, 5) is 0. The number of rotatable bonds is 6. The average molecular weight is 566 g/mol. The Morgan fingerprint density at radius 2 is 1.24 bits per heavy atom. The van der Waals surface area contributed by atoms with Gasteiger partial charge in [-0.15, -0.1) is 0 Å². The van der Waals surface area contributed by atoms with E-state index in [-0.39, 0.29) is 19.4 Å². The third kappa shape index (κ3) is 8.65. The summed E-state index contributed by atoms with van der Waals surface area (Å²) in [6.07, 6.45) is -10.8. The fourth-order valence-electron chi connectivity index (χ4n) is 4.43. The van der Waals surface area contributed by atoms with E-state index in [2.05, 4.69) is 0 Å². The van der Waals surface area contributed by atoms with E-state index in [9.17, 15) is 25.5 Å². The van der Waals surface area contributed by atoms with Crippen LogP contribution < -0.4 is 28.7 Å². The third-order valence-electron chi connectivity index (χ3n) is 6.41. The lowest BCUT2D eigenvalue weighted by Gasteiger charge is -2.47. The summed E-state index contributed by atoms with van der Waals surface area (Å²) in [6.45, 7) is -0.499. The van der Waals surface area contributed by atoms with Crippen molar-refractivity contribution in [1.82, 2.24) is 0 Å². The number of hydrogen-bond donors (Lipinski definition) is 12. The molecule has 14 unspecified atom stereocenters. The van der Waals surface area contributed by atoms with Gasteiger partial charge < -0.3 is 73.1 Å². The summed E-state index contributed by atoms with van der Waals surface area (Å²) in [6, 6.07) is -3.27. The molecular formula is C18H39N5O13S. The number of aliphatic hydroxyl groups excluding tert-OH is 5. The Hall–Kier alpha value is -0.690. The molecule has 0 bridgehead atoms. The molecule has 0 radical (unpaired) electrons. The molecule has 2 aliphatic heterocycles. The monoisotopic (exact) mass is 565 g/mol. The molecule has 0 spiro atoms. The van der Waals surface area contributed by atoms with Gasteiger partial charge in [0.2, 0.25) is 0 Å². The molecule has 17 N–H and O–H groups in total. The van der Waals surface area contributed by atoms with Crippen molar-refractivity contribution in [3.05, 3.63) is 0 Å². The first kappa shape index (κ1) is 32.5. The first-order valence-electron chi connectivity index (χ1n) is 11.5. The second-order valence-electron chi connectivity index (χ2n) is 9.23. The van der Waals surface area contributed by atoms with Crippen molar-refractivity contribution in [2.45, 2.75) is 98.4 Å². The second-order valence-corrected chi connectivity index (χ2v) is 10.1. The fraction of sp³-hybridized carbons (Fsp3) is 1.00. The molecule has 0 aromatic heterocycles. The SMILES string of the molecule is NCC1OC(OC2C(N)CC(N)C(OC3OC(CO)C(O)C(N)C3O)C2O)C(N)CC1O.O=S(=O)(O)O. The van der Waals surface area contributed by atoms with Crippen molar-refractivity contribution < 1.29 is 62.0 Å². The maximum absolute atomic E-state index is 11.0. The summed E-state index contributed by atoms with van der Waals surface area (Å²) < 4.78 is 54.3. The lowest BCUT2D eigenvalue weighted by Crippen LogP contribution is -2.68. The van der Waals surface area contributed by atoms with Crippen molar-refractivity contribution in [3.8, 4) is 0 Å². The first-order valence-corrected chi connectivity index (χ1v) is 12.9. The molecule has 19 heteroatoms. The summed E-state index contributed by atoms with van der Waals surface area (Å²) in [7, 11) is -4.67. The standard InChI is InChI=1S/C18H37N5O9.H2O4S/c19-3-9-8(25)2-7(22)17(29-9)31-15-5(20)1-6(21)16(14(15)28)32-18-13(27)11(23)12(26)10(4-24)30-18;1-5(2,3)4/h5-18,24-28H,1-4,19-23H2;(H2,1,2,3,4). The van der Waals surface area contributed by atoms with E-state index >= 15 is 0 Å². The molecule has 3 fully saturated rings. The molecule has 14 atom stereocenters. The average Bonchev–Trinajstić information content (AvgIpc) is 2.79. The molecule has 3 aliphatic rings. The summed E-state index contributed by atoms with van der Waals surface area (Å²) in [5.41, 5.74) is 29.8. The van der Waals surface area contributed by atoms with Crippen LogP contribution in [0.15, 0.2) is 0 Å². The summed E-state index contributed by atoms with van der Waals surface area (Å²) in [5, 5.41) is 50.7. The highest BCUT2D eigenvalue weighted by Crippen LogP contribution is 2.30. The number of hydrogen-bond acceptors (Lipinski definition) is 16. The molecule has 1 saturated carbocycles. The van der Waals surface area contributed by atoms with Gasteiger partial charge in [-0.1, -0.05) is 0 Å². The molecule has 0 aromatic carbocycles. The predicted octanol–water partition coefficient (Wildman–Crippen LogP) is -6.95. The van der Waals surface area contributed by atoms with E-state index < -0.39 is 103 Å². The van der Waals surface area contributed by atoms with Gasteiger partial charge in [-0.2, -0.15) is 8.42 Å². The summed E-state index contributed by atoms with van der Waals surface area (Å²) in [5.74, 6) is 0. The Bertz CT molecular complexity index is 805. The van der Waals surface area contributed by atoms with Crippen LogP contribution in [0.25, 0.3) is 0 Å². The van der Waals surface area contributed by atoms with Crippen LogP contribution in [-0.2, 0) is 29.3 Å². The highest BCUT2D eigenvalue weighted by molar-refractivity contribution is 7.79. The number of ether oxygens (including phenoxy) is 4. The van der Waals surface area contributed by atoms with Gasteiger partial charge in [-0.05, 0) is 12.8 Å². The maximum atomic E-state index is 11.0. The van der Waals surface area contributed by atoms with Gasteiger partial charge in [0.15, 0.2) is 12.6 Å². The molecule has 2 saturated heterocycles. The minimum absolute atomic E-state index is 0.0542. The van der Waals surface area contributed by atoms with E-state index in [0.29, 0.717) is 0 Å². The van der Waals surface area contributed by atoms with Gasteiger partial charge in [0.05, 0.1) is 30.9 Å². The molecule has 2 heterocycles. The van der Waals surface area contributed by atoms with Crippen LogP contribution in [-0.4, -0.2) is 142 Å². The molecule has 37 heavy (non-hydrogen) atoms. The zero-order valence-corrected chi connectivity index (χ0v) is 20.6. The van der Waals surface area contributed by atoms with Crippen molar-refractivity contribution in [2.24, 2.45) is 28.7 Å². The summed E-state index contributed by atoms with van der Waals surface area (Å²) >= 11 is 0. The van der Waals surface area contributed by atoms with Gasteiger partial charge >= 0.3 is 10.4 Å². The highest BCUT2D eigenvalue weighted by Gasteiger charge is 2.50. The van der Waals surface area contributed by atoms with Gasteiger partial charge in [0, 0.05) is 18.6 Å². The van der Waals surface area contributed by atoms with Crippen molar-refractivity contribution >= 4 is 10.4 Å². The van der Waals surface area contributed by atoms with E-state index in [1.165, 1.54) is 0 Å². The Kier molecular flexibility index (Phi) is 11.9. The van der Waals surface area contributed by atoms with Crippen LogP contribution in [0.2, 0.25) is 0 Å².